The maximum absolute atomic E-state index is 11.9. The van der Waals surface area contributed by atoms with Crippen LogP contribution in [0, 0.1) is 17.8 Å². The van der Waals surface area contributed by atoms with Crippen LogP contribution in [0.3, 0.4) is 0 Å². The van der Waals surface area contributed by atoms with Crippen LogP contribution < -0.4 is 4.74 Å². The SMILES string of the molecule is CCCC#CC(C(=O)O)(c1ccc(OCC)cc1)C(C)C. The van der Waals surface area contributed by atoms with Crippen LogP contribution in [0.5, 0.6) is 5.75 Å². The Morgan fingerprint density at radius 2 is 1.90 bits per heavy atom. The Bertz CT molecular complexity index is 520. The number of benzene rings is 1. The molecular weight excluding hydrogens is 264 g/mol. The van der Waals surface area contributed by atoms with Crippen molar-refractivity contribution in [1.29, 1.82) is 0 Å². The Hall–Kier alpha value is -1.95. The molecule has 3 nitrogen and oxygen atoms in total. The van der Waals surface area contributed by atoms with E-state index in [4.69, 9.17) is 4.74 Å². The largest absolute Gasteiger partial charge is 0.494 e. The summed E-state index contributed by atoms with van der Waals surface area (Å²) in [6, 6.07) is 7.22. The molecule has 1 unspecified atom stereocenters. The maximum Gasteiger partial charge on any atom is 0.326 e. The number of aliphatic carboxylic acids is 1. The predicted molar refractivity (Wildman–Crippen MR) is 84.4 cm³/mol. The highest BCUT2D eigenvalue weighted by molar-refractivity contribution is 5.86. The zero-order valence-corrected chi connectivity index (χ0v) is 13.3. The molecule has 0 saturated heterocycles. The van der Waals surface area contributed by atoms with Crippen molar-refractivity contribution >= 4 is 5.97 Å². The van der Waals surface area contributed by atoms with Crippen molar-refractivity contribution in [2.24, 2.45) is 5.92 Å². The lowest BCUT2D eigenvalue weighted by atomic mass is 9.72. The third-order valence-corrected chi connectivity index (χ3v) is 3.48. The van der Waals surface area contributed by atoms with Gasteiger partial charge in [0.2, 0.25) is 0 Å². The van der Waals surface area contributed by atoms with E-state index >= 15 is 0 Å². The van der Waals surface area contributed by atoms with Crippen LogP contribution in [0.2, 0.25) is 0 Å². The third-order valence-electron chi connectivity index (χ3n) is 3.48. The summed E-state index contributed by atoms with van der Waals surface area (Å²) in [5, 5.41) is 9.79. The van der Waals surface area contributed by atoms with Gasteiger partial charge in [-0.2, -0.15) is 0 Å². The lowest BCUT2D eigenvalue weighted by molar-refractivity contribution is -0.143. The predicted octanol–water partition coefficient (Wildman–Crippen LogP) is 3.87. The fraction of sp³-hybridized carbons (Fsp3) is 0.500. The van der Waals surface area contributed by atoms with Gasteiger partial charge in [0.1, 0.15) is 5.75 Å². The van der Waals surface area contributed by atoms with Gasteiger partial charge in [0.05, 0.1) is 6.61 Å². The molecule has 0 heterocycles. The minimum Gasteiger partial charge on any atom is -0.494 e. The molecule has 1 rings (SSSR count). The zero-order chi connectivity index (χ0) is 15.9. The maximum atomic E-state index is 11.9. The molecule has 1 aromatic carbocycles. The molecule has 0 spiro atoms. The Balaban J connectivity index is 3.29. The smallest absolute Gasteiger partial charge is 0.326 e. The van der Waals surface area contributed by atoms with E-state index in [9.17, 15) is 9.90 Å². The summed E-state index contributed by atoms with van der Waals surface area (Å²) in [6.45, 7) is 8.32. The second-order valence-electron chi connectivity index (χ2n) is 5.28. The summed E-state index contributed by atoms with van der Waals surface area (Å²) in [5.74, 6) is 5.74. The Morgan fingerprint density at radius 1 is 1.29 bits per heavy atom. The number of carboxylic acids is 1. The first-order valence-corrected chi connectivity index (χ1v) is 7.45. The fourth-order valence-corrected chi connectivity index (χ4v) is 2.28. The minimum atomic E-state index is -1.17. The van der Waals surface area contributed by atoms with E-state index in [1.165, 1.54) is 0 Å². The standard InChI is InChI=1S/C18H24O3/c1-5-7-8-13-18(14(3)4,17(19)20)15-9-11-16(12-10-15)21-6-2/h9-12,14H,5-7H2,1-4H3,(H,19,20). The molecule has 0 amide bonds. The summed E-state index contributed by atoms with van der Waals surface area (Å²) in [6.07, 6.45) is 1.63. The quantitative estimate of drug-likeness (QED) is 0.808. The van der Waals surface area contributed by atoms with Crippen LogP contribution in [0.25, 0.3) is 0 Å². The Morgan fingerprint density at radius 3 is 2.33 bits per heavy atom. The highest BCUT2D eigenvalue weighted by Gasteiger charge is 2.42. The van der Waals surface area contributed by atoms with Crippen molar-refractivity contribution in [3.8, 4) is 17.6 Å². The van der Waals surface area contributed by atoms with Gasteiger partial charge in [-0.25, -0.2) is 0 Å². The third kappa shape index (κ3) is 3.78. The number of hydrogen-bond acceptors (Lipinski definition) is 2. The van der Waals surface area contributed by atoms with Crippen LogP contribution in [0.1, 0.15) is 46.1 Å². The molecule has 0 aliphatic heterocycles. The molecule has 0 bridgehead atoms. The van der Waals surface area contributed by atoms with E-state index in [-0.39, 0.29) is 5.92 Å². The topological polar surface area (TPSA) is 46.5 Å². The minimum absolute atomic E-state index is 0.128. The molecule has 0 fully saturated rings. The van der Waals surface area contributed by atoms with Gasteiger partial charge in [0, 0.05) is 6.42 Å². The van der Waals surface area contributed by atoms with Crippen molar-refractivity contribution < 1.29 is 14.6 Å². The van der Waals surface area contributed by atoms with Crippen LogP contribution in [-0.4, -0.2) is 17.7 Å². The molecule has 3 heteroatoms. The van der Waals surface area contributed by atoms with Gasteiger partial charge < -0.3 is 9.84 Å². The molecule has 21 heavy (non-hydrogen) atoms. The molecule has 0 aliphatic rings. The van der Waals surface area contributed by atoms with E-state index in [1.54, 1.807) is 24.3 Å². The van der Waals surface area contributed by atoms with E-state index in [1.807, 2.05) is 27.7 Å². The molecule has 1 atom stereocenters. The molecule has 114 valence electrons. The van der Waals surface area contributed by atoms with Gasteiger partial charge in [-0.15, -0.1) is 5.92 Å². The summed E-state index contributed by atoms with van der Waals surface area (Å²) >= 11 is 0. The van der Waals surface area contributed by atoms with Crippen LogP contribution in [0.4, 0.5) is 0 Å². The number of rotatable bonds is 6. The molecular formula is C18H24O3. The van der Waals surface area contributed by atoms with Crippen molar-refractivity contribution in [2.45, 2.75) is 46.0 Å². The van der Waals surface area contributed by atoms with Gasteiger partial charge in [-0.3, -0.25) is 4.79 Å². The van der Waals surface area contributed by atoms with Crippen LogP contribution in [-0.2, 0) is 10.2 Å². The van der Waals surface area contributed by atoms with Gasteiger partial charge in [0.25, 0.3) is 0 Å². The monoisotopic (exact) mass is 288 g/mol. The molecule has 0 radical (unpaired) electrons. The number of unbranched alkanes of at least 4 members (excludes halogenated alkanes) is 1. The second kappa shape index (κ2) is 7.73. The lowest BCUT2D eigenvalue weighted by Gasteiger charge is -2.28. The van der Waals surface area contributed by atoms with Crippen molar-refractivity contribution in [2.75, 3.05) is 6.61 Å². The van der Waals surface area contributed by atoms with Crippen LogP contribution in [0.15, 0.2) is 24.3 Å². The first kappa shape index (κ1) is 17.1. The zero-order valence-electron chi connectivity index (χ0n) is 13.3. The van der Waals surface area contributed by atoms with Gasteiger partial charge in [0.15, 0.2) is 5.41 Å². The van der Waals surface area contributed by atoms with Crippen molar-refractivity contribution in [1.82, 2.24) is 0 Å². The number of hydrogen-bond donors (Lipinski definition) is 1. The summed E-state index contributed by atoms with van der Waals surface area (Å²) < 4.78 is 5.41. The Kier molecular flexibility index (Phi) is 6.30. The van der Waals surface area contributed by atoms with E-state index < -0.39 is 11.4 Å². The van der Waals surface area contributed by atoms with Gasteiger partial charge in [-0.05, 0) is 37.0 Å². The summed E-state index contributed by atoms with van der Waals surface area (Å²) in [5.41, 5.74) is -0.461. The molecule has 0 aliphatic carbocycles. The lowest BCUT2D eigenvalue weighted by Crippen LogP contribution is -2.39. The van der Waals surface area contributed by atoms with Gasteiger partial charge in [-0.1, -0.05) is 38.8 Å². The number of ether oxygens (including phenoxy) is 1. The Labute approximate surface area is 127 Å². The average molecular weight is 288 g/mol. The number of carbonyl (C=O) groups is 1. The first-order valence-electron chi connectivity index (χ1n) is 7.45. The molecule has 1 aromatic rings. The second-order valence-corrected chi connectivity index (χ2v) is 5.28. The number of carboxylic acid groups (broad SMARTS) is 1. The molecule has 0 aromatic heterocycles. The summed E-state index contributed by atoms with van der Waals surface area (Å²) in [4.78, 5) is 11.9. The fourth-order valence-electron chi connectivity index (χ4n) is 2.28. The first-order chi connectivity index (χ1) is 9.98. The van der Waals surface area contributed by atoms with Gasteiger partial charge >= 0.3 is 5.97 Å². The molecule has 1 N–H and O–H groups in total. The van der Waals surface area contributed by atoms with E-state index in [2.05, 4.69) is 11.8 Å². The summed E-state index contributed by atoms with van der Waals surface area (Å²) in [7, 11) is 0. The highest BCUT2D eigenvalue weighted by Crippen LogP contribution is 2.33. The van der Waals surface area contributed by atoms with E-state index in [0.717, 1.165) is 12.2 Å². The van der Waals surface area contributed by atoms with Crippen molar-refractivity contribution in [3.05, 3.63) is 29.8 Å². The highest BCUT2D eigenvalue weighted by atomic mass is 16.5. The average Bonchev–Trinajstić information content (AvgIpc) is 2.44. The normalized spacial score (nSPS) is 13.2. The molecule has 0 saturated carbocycles. The van der Waals surface area contributed by atoms with Crippen LogP contribution >= 0.6 is 0 Å². The van der Waals surface area contributed by atoms with Crippen molar-refractivity contribution in [3.63, 3.8) is 0 Å². The van der Waals surface area contributed by atoms with E-state index in [0.29, 0.717) is 18.6 Å².